The highest BCUT2D eigenvalue weighted by Crippen LogP contribution is 2.30. The fraction of sp³-hybridized carbons (Fsp3) is 0.471. The second kappa shape index (κ2) is 6.20. The maximum Gasteiger partial charge on any atom is 0.130 e. The molecule has 1 saturated heterocycles. The summed E-state index contributed by atoms with van der Waals surface area (Å²) in [5.41, 5.74) is 2.52. The van der Waals surface area contributed by atoms with Crippen LogP contribution in [0.3, 0.4) is 0 Å². The Kier molecular flexibility index (Phi) is 4.13. The molecule has 1 aromatic heterocycles. The lowest BCUT2D eigenvalue weighted by Gasteiger charge is -2.31. The standard InChI is InChI=1S/C17H24N4/c1-14(17-18-10-13-20(17)2)19-15-8-4-5-9-16(15)21-11-6-3-7-12-21/h4-5,8-10,13-14,19H,3,6-7,11-12H2,1-2H3. The topological polar surface area (TPSA) is 33.1 Å². The van der Waals surface area contributed by atoms with Gasteiger partial charge in [0.25, 0.3) is 0 Å². The first kappa shape index (κ1) is 14.0. The number of aromatic nitrogens is 2. The van der Waals surface area contributed by atoms with E-state index in [2.05, 4.69) is 51.0 Å². The van der Waals surface area contributed by atoms with Crippen molar-refractivity contribution in [2.75, 3.05) is 23.3 Å². The van der Waals surface area contributed by atoms with E-state index in [-0.39, 0.29) is 6.04 Å². The summed E-state index contributed by atoms with van der Waals surface area (Å²) < 4.78 is 2.07. The van der Waals surface area contributed by atoms with Crippen molar-refractivity contribution in [3.63, 3.8) is 0 Å². The van der Waals surface area contributed by atoms with Gasteiger partial charge in [-0.1, -0.05) is 12.1 Å². The van der Waals surface area contributed by atoms with E-state index in [0.717, 1.165) is 18.9 Å². The van der Waals surface area contributed by atoms with Gasteiger partial charge in [0.15, 0.2) is 0 Å². The van der Waals surface area contributed by atoms with Crippen molar-refractivity contribution in [1.82, 2.24) is 9.55 Å². The van der Waals surface area contributed by atoms with Gasteiger partial charge in [-0.25, -0.2) is 4.98 Å². The van der Waals surface area contributed by atoms with Crippen LogP contribution in [0.1, 0.15) is 38.1 Å². The molecule has 1 aliphatic heterocycles. The highest BCUT2D eigenvalue weighted by Gasteiger charge is 2.16. The summed E-state index contributed by atoms with van der Waals surface area (Å²) in [5.74, 6) is 1.06. The van der Waals surface area contributed by atoms with Crippen molar-refractivity contribution in [1.29, 1.82) is 0 Å². The van der Waals surface area contributed by atoms with E-state index in [1.807, 2.05) is 19.4 Å². The van der Waals surface area contributed by atoms with E-state index in [1.54, 1.807) is 0 Å². The minimum absolute atomic E-state index is 0.191. The summed E-state index contributed by atoms with van der Waals surface area (Å²) in [5, 5.41) is 3.63. The molecule has 0 aliphatic carbocycles. The van der Waals surface area contributed by atoms with E-state index >= 15 is 0 Å². The minimum atomic E-state index is 0.191. The molecule has 21 heavy (non-hydrogen) atoms. The van der Waals surface area contributed by atoms with E-state index in [0.29, 0.717) is 0 Å². The molecule has 1 unspecified atom stereocenters. The fourth-order valence-corrected chi connectivity index (χ4v) is 3.10. The number of anilines is 2. The molecule has 0 saturated carbocycles. The molecule has 2 heterocycles. The summed E-state index contributed by atoms with van der Waals surface area (Å²) in [6, 6.07) is 8.81. The van der Waals surface area contributed by atoms with E-state index in [9.17, 15) is 0 Å². The van der Waals surface area contributed by atoms with Crippen LogP contribution in [0.15, 0.2) is 36.7 Å². The van der Waals surface area contributed by atoms with Gasteiger partial charge in [0.05, 0.1) is 17.4 Å². The highest BCUT2D eigenvalue weighted by atomic mass is 15.2. The summed E-state index contributed by atoms with van der Waals surface area (Å²) in [7, 11) is 2.04. The average molecular weight is 284 g/mol. The Morgan fingerprint density at radius 2 is 1.90 bits per heavy atom. The number of aryl methyl sites for hydroxylation is 1. The van der Waals surface area contributed by atoms with Gasteiger partial charge in [-0.2, -0.15) is 0 Å². The number of para-hydroxylation sites is 2. The smallest absolute Gasteiger partial charge is 0.130 e. The number of hydrogen-bond acceptors (Lipinski definition) is 3. The molecule has 1 atom stereocenters. The number of nitrogens with zero attached hydrogens (tertiary/aromatic N) is 3. The number of piperidine rings is 1. The quantitative estimate of drug-likeness (QED) is 0.931. The molecular weight excluding hydrogens is 260 g/mol. The molecule has 0 radical (unpaired) electrons. The van der Waals surface area contributed by atoms with Crippen molar-refractivity contribution < 1.29 is 0 Å². The molecule has 4 nitrogen and oxygen atoms in total. The molecule has 0 bridgehead atoms. The third kappa shape index (κ3) is 3.04. The van der Waals surface area contributed by atoms with E-state index < -0.39 is 0 Å². The van der Waals surface area contributed by atoms with Crippen LogP contribution in [-0.4, -0.2) is 22.6 Å². The van der Waals surface area contributed by atoms with Crippen LogP contribution in [0.5, 0.6) is 0 Å². The molecule has 1 fully saturated rings. The average Bonchev–Trinajstić information content (AvgIpc) is 2.95. The van der Waals surface area contributed by atoms with Gasteiger partial charge in [0.1, 0.15) is 5.82 Å². The van der Waals surface area contributed by atoms with Crippen LogP contribution in [0, 0.1) is 0 Å². The molecule has 1 aliphatic rings. The third-order valence-corrected chi connectivity index (χ3v) is 4.22. The molecule has 112 valence electrons. The van der Waals surface area contributed by atoms with Crippen LogP contribution in [0.25, 0.3) is 0 Å². The van der Waals surface area contributed by atoms with Crippen LogP contribution in [0.2, 0.25) is 0 Å². The third-order valence-electron chi connectivity index (χ3n) is 4.22. The largest absolute Gasteiger partial charge is 0.374 e. The lowest BCUT2D eigenvalue weighted by Crippen LogP contribution is -2.30. The number of rotatable bonds is 4. The zero-order valence-electron chi connectivity index (χ0n) is 12.9. The number of hydrogen-bond donors (Lipinski definition) is 1. The van der Waals surface area contributed by atoms with Crippen LogP contribution < -0.4 is 10.2 Å². The Morgan fingerprint density at radius 1 is 1.14 bits per heavy atom. The van der Waals surface area contributed by atoms with Gasteiger partial charge >= 0.3 is 0 Å². The van der Waals surface area contributed by atoms with Gasteiger partial charge in [-0.05, 0) is 38.3 Å². The first-order valence-electron chi connectivity index (χ1n) is 7.83. The lowest BCUT2D eigenvalue weighted by atomic mass is 10.1. The lowest BCUT2D eigenvalue weighted by molar-refractivity contribution is 0.578. The van der Waals surface area contributed by atoms with Gasteiger partial charge in [-0.3, -0.25) is 0 Å². The Bertz CT molecular complexity index is 584. The summed E-state index contributed by atoms with van der Waals surface area (Å²) in [4.78, 5) is 6.94. The minimum Gasteiger partial charge on any atom is -0.374 e. The normalized spacial score (nSPS) is 16.8. The Hall–Kier alpha value is -1.97. The van der Waals surface area contributed by atoms with Crippen molar-refractivity contribution >= 4 is 11.4 Å². The molecular formula is C17H24N4. The molecule has 4 heteroatoms. The summed E-state index contributed by atoms with van der Waals surface area (Å²) in [6.45, 7) is 4.49. The zero-order valence-corrected chi connectivity index (χ0v) is 12.9. The van der Waals surface area contributed by atoms with Crippen molar-refractivity contribution in [3.8, 4) is 0 Å². The van der Waals surface area contributed by atoms with Crippen LogP contribution in [-0.2, 0) is 7.05 Å². The van der Waals surface area contributed by atoms with E-state index in [4.69, 9.17) is 0 Å². The van der Waals surface area contributed by atoms with Crippen LogP contribution >= 0.6 is 0 Å². The van der Waals surface area contributed by atoms with Gasteiger partial charge in [-0.15, -0.1) is 0 Å². The molecule has 2 aromatic rings. The van der Waals surface area contributed by atoms with Crippen molar-refractivity contribution in [2.24, 2.45) is 7.05 Å². The number of benzene rings is 1. The van der Waals surface area contributed by atoms with Gasteiger partial charge < -0.3 is 14.8 Å². The maximum atomic E-state index is 4.44. The van der Waals surface area contributed by atoms with Crippen molar-refractivity contribution in [3.05, 3.63) is 42.5 Å². The first-order chi connectivity index (χ1) is 10.3. The van der Waals surface area contributed by atoms with E-state index in [1.165, 1.54) is 30.6 Å². The van der Waals surface area contributed by atoms with Crippen LogP contribution in [0.4, 0.5) is 11.4 Å². The monoisotopic (exact) mass is 284 g/mol. The Morgan fingerprint density at radius 3 is 2.62 bits per heavy atom. The highest BCUT2D eigenvalue weighted by molar-refractivity contribution is 5.70. The van der Waals surface area contributed by atoms with Gasteiger partial charge in [0.2, 0.25) is 0 Å². The SMILES string of the molecule is CC(Nc1ccccc1N1CCCCC1)c1nccn1C. The Labute approximate surface area is 126 Å². The molecule has 3 rings (SSSR count). The molecule has 0 amide bonds. The molecule has 1 aromatic carbocycles. The van der Waals surface area contributed by atoms with Gasteiger partial charge in [0, 0.05) is 32.5 Å². The zero-order chi connectivity index (χ0) is 14.7. The molecule has 0 spiro atoms. The second-order valence-corrected chi connectivity index (χ2v) is 5.83. The maximum absolute atomic E-state index is 4.44. The summed E-state index contributed by atoms with van der Waals surface area (Å²) >= 11 is 0. The number of nitrogens with one attached hydrogen (secondary N) is 1. The fourth-order valence-electron chi connectivity index (χ4n) is 3.10. The predicted octanol–water partition coefficient (Wildman–Crippen LogP) is 3.58. The number of imidazole rings is 1. The van der Waals surface area contributed by atoms with Crippen molar-refractivity contribution in [2.45, 2.75) is 32.2 Å². The molecule has 1 N–H and O–H groups in total. The Balaban J connectivity index is 1.80. The summed E-state index contributed by atoms with van der Waals surface area (Å²) in [6.07, 6.45) is 7.79. The predicted molar refractivity (Wildman–Crippen MR) is 87.8 cm³/mol. The second-order valence-electron chi connectivity index (χ2n) is 5.83. The first-order valence-corrected chi connectivity index (χ1v) is 7.83.